The van der Waals surface area contributed by atoms with Gasteiger partial charge in [-0.3, -0.25) is 9.59 Å². The molecule has 2 N–H and O–H groups in total. The summed E-state index contributed by atoms with van der Waals surface area (Å²) >= 11 is 0. The van der Waals surface area contributed by atoms with E-state index in [4.69, 9.17) is 5.11 Å². The molecule has 0 spiro atoms. The molecule has 0 heterocycles. The number of aliphatic carboxylic acids is 1. The molecule has 0 aliphatic heterocycles. The van der Waals surface area contributed by atoms with Crippen LogP contribution < -0.4 is 5.32 Å². The molecule has 6 heteroatoms. The second-order valence-electron chi connectivity index (χ2n) is 6.28. The minimum absolute atomic E-state index is 0.0119. The van der Waals surface area contributed by atoms with Crippen LogP contribution in [0.5, 0.6) is 0 Å². The fraction of sp³-hybridized carbons (Fsp3) is 0.227. The Balaban J connectivity index is 2.11. The van der Waals surface area contributed by atoms with Gasteiger partial charge in [-0.05, 0) is 17.5 Å². The van der Waals surface area contributed by atoms with Crippen molar-refractivity contribution in [2.24, 2.45) is 0 Å². The van der Waals surface area contributed by atoms with E-state index in [0.29, 0.717) is 19.5 Å². The molecule has 1 amide bonds. The summed E-state index contributed by atoms with van der Waals surface area (Å²) in [7, 11) is 0. The van der Waals surface area contributed by atoms with E-state index >= 15 is 0 Å². The Morgan fingerprint density at radius 3 is 2.00 bits per heavy atom. The molecule has 6 nitrogen and oxygen atoms in total. The van der Waals surface area contributed by atoms with E-state index in [1.54, 1.807) is 6.20 Å². The zero-order valence-electron chi connectivity index (χ0n) is 15.5. The molecule has 2 aromatic carbocycles. The Morgan fingerprint density at radius 2 is 1.54 bits per heavy atom. The summed E-state index contributed by atoms with van der Waals surface area (Å²) in [4.78, 5) is 24.7. The predicted molar refractivity (Wildman–Crippen MR) is 106 cm³/mol. The molecule has 0 fully saturated rings. The standard InChI is InChI=1S/C22H23N3O3/c23-14-20(22(28)24-13-7-12-21(26)27)17-25(15-18-8-3-1-4-9-18)16-19-10-5-2-6-11-19/h1-6,8-11,17H,7,12-13,15-16H2,(H,24,28)(H,26,27)/b20-17-. The maximum atomic E-state index is 12.3. The van der Waals surface area contributed by atoms with Crippen molar-refractivity contribution < 1.29 is 14.7 Å². The monoisotopic (exact) mass is 377 g/mol. The SMILES string of the molecule is N#C/C(=C/N(Cc1ccccc1)Cc1ccccc1)C(=O)NCCCC(=O)O. The number of hydrogen-bond acceptors (Lipinski definition) is 4. The highest BCUT2D eigenvalue weighted by atomic mass is 16.4. The molecule has 2 aromatic rings. The van der Waals surface area contributed by atoms with E-state index in [-0.39, 0.29) is 18.5 Å². The average molecular weight is 377 g/mol. The van der Waals surface area contributed by atoms with E-state index in [0.717, 1.165) is 11.1 Å². The zero-order valence-corrected chi connectivity index (χ0v) is 15.5. The summed E-state index contributed by atoms with van der Waals surface area (Å²) in [5, 5.41) is 20.7. The number of nitrogens with one attached hydrogen (secondary N) is 1. The van der Waals surface area contributed by atoms with Crippen LogP contribution in [0.15, 0.2) is 72.4 Å². The van der Waals surface area contributed by atoms with E-state index in [1.807, 2.05) is 71.6 Å². The van der Waals surface area contributed by atoms with E-state index in [2.05, 4.69) is 5.32 Å². The predicted octanol–water partition coefficient (Wildman–Crippen LogP) is 3.08. The van der Waals surface area contributed by atoms with Gasteiger partial charge in [0.05, 0.1) is 0 Å². The molecule has 144 valence electrons. The lowest BCUT2D eigenvalue weighted by Gasteiger charge is -2.21. The fourth-order valence-corrected chi connectivity index (χ4v) is 2.64. The van der Waals surface area contributed by atoms with Gasteiger partial charge in [0.15, 0.2) is 0 Å². The van der Waals surface area contributed by atoms with Crippen LogP contribution in [0.3, 0.4) is 0 Å². The lowest BCUT2D eigenvalue weighted by molar-refractivity contribution is -0.137. The van der Waals surface area contributed by atoms with Crippen LogP contribution in [-0.2, 0) is 22.7 Å². The number of nitriles is 1. The van der Waals surface area contributed by atoms with Crippen LogP contribution in [0.1, 0.15) is 24.0 Å². The molecule has 28 heavy (non-hydrogen) atoms. The molecular weight excluding hydrogens is 354 g/mol. The highest BCUT2D eigenvalue weighted by molar-refractivity contribution is 5.97. The van der Waals surface area contributed by atoms with Gasteiger partial charge >= 0.3 is 5.97 Å². The number of amides is 1. The topological polar surface area (TPSA) is 93.4 Å². The van der Waals surface area contributed by atoms with Crippen molar-refractivity contribution >= 4 is 11.9 Å². The lowest BCUT2D eigenvalue weighted by atomic mass is 10.1. The molecule has 0 saturated carbocycles. The van der Waals surface area contributed by atoms with Crippen LogP contribution in [-0.4, -0.2) is 28.4 Å². The molecule has 0 aliphatic carbocycles. The second kappa shape index (κ2) is 11.2. The first kappa shape index (κ1) is 20.7. The molecule has 0 radical (unpaired) electrons. The van der Waals surface area contributed by atoms with Crippen molar-refractivity contribution in [2.75, 3.05) is 6.54 Å². The van der Waals surface area contributed by atoms with Crippen molar-refractivity contribution in [1.29, 1.82) is 5.26 Å². The maximum absolute atomic E-state index is 12.3. The second-order valence-corrected chi connectivity index (χ2v) is 6.28. The summed E-state index contributed by atoms with van der Waals surface area (Å²) in [6, 6.07) is 21.6. The number of benzene rings is 2. The Hall–Kier alpha value is -3.59. The van der Waals surface area contributed by atoms with Crippen molar-refractivity contribution in [3.63, 3.8) is 0 Å². The van der Waals surface area contributed by atoms with E-state index in [9.17, 15) is 14.9 Å². The van der Waals surface area contributed by atoms with Crippen molar-refractivity contribution in [2.45, 2.75) is 25.9 Å². The Kier molecular flexibility index (Phi) is 8.28. The molecule has 0 aliphatic rings. The maximum Gasteiger partial charge on any atom is 0.303 e. The number of rotatable bonds is 10. The quantitative estimate of drug-likeness (QED) is 0.377. The molecule has 0 aromatic heterocycles. The highest BCUT2D eigenvalue weighted by Crippen LogP contribution is 2.12. The first-order chi connectivity index (χ1) is 13.6. The van der Waals surface area contributed by atoms with Crippen LogP contribution in [0.4, 0.5) is 0 Å². The summed E-state index contributed by atoms with van der Waals surface area (Å²) in [5.74, 6) is -1.42. The third-order valence-corrected chi connectivity index (χ3v) is 3.99. The Morgan fingerprint density at radius 1 is 1.00 bits per heavy atom. The van der Waals surface area contributed by atoms with Crippen molar-refractivity contribution in [1.82, 2.24) is 10.2 Å². The zero-order chi connectivity index (χ0) is 20.2. The third kappa shape index (κ3) is 7.34. The summed E-state index contributed by atoms with van der Waals surface area (Å²) in [6.45, 7) is 1.31. The number of carboxylic acids is 1. The summed E-state index contributed by atoms with van der Waals surface area (Å²) in [5.41, 5.74) is 2.12. The highest BCUT2D eigenvalue weighted by Gasteiger charge is 2.12. The van der Waals surface area contributed by atoms with Gasteiger partial charge in [-0.2, -0.15) is 5.26 Å². The van der Waals surface area contributed by atoms with Gasteiger partial charge < -0.3 is 15.3 Å². The third-order valence-electron chi connectivity index (χ3n) is 3.99. The first-order valence-corrected chi connectivity index (χ1v) is 9.02. The van der Waals surface area contributed by atoms with Crippen LogP contribution in [0.2, 0.25) is 0 Å². The summed E-state index contributed by atoms with van der Waals surface area (Å²) < 4.78 is 0. The minimum atomic E-state index is -0.915. The van der Waals surface area contributed by atoms with Gasteiger partial charge in [-0.1, -0.05) is 60.7 Å². The lowest BCUT2D eigenvalue weighted by Crippen LogP contribution is -2.28. The number of nitrogens with zero attached hydrogens (tertiary/aromatic N) is 2. The van der Waals surface area contributed by atoms with Gasteiger partial charge in [0.1, 0.15) is 11.6 Å². The van der Waals surface area contributed by atoms with Crippen LogP contribution >= 0.6 is 0 Å². The van der Waals surface area contributed by atoms with Crippen molar-refractivity contribution in [3.05, 3.63) is 83.6 Å². The van der Waals surface area contributed by atoms with Gasteiger partial charge in [-0.25, -0.2) is 0 Å². The molecule has 2 rings (SSSR count). The Labute approximate surface area is 164 Å². The largest absolute Gasteiger partial charge is 0.481 e. The minimum Gasteiger partial charge on any atom is -0.481 e. The number of carboxylic acid groups (broad SMARTS) is 1. The van der Waals surface area contributed by atoms with Crippen LogP contribution in [0, 0.1) is 11.3 Å². The van der Waals surface area contributed by atoms with Crippen LogP contribution in [0.25, 0.3) is 0 Å². The molecule has 0 atom stereocenters. The number of carbonyl (C=O) groups excluding carboxylic acids is 1. The van der Waals surface area contributed by atoms with Gasteiger partial charge in [0, 0.05) is 32.3 Å². The molecule has 0 bridgehead atoms. The smallest absolute Gasteiger partial charge is 0.303 e. The van der Waals surface area contributed by atoms with Gasteiger partial charge in [0.25, 0.3) is 5.91 Å². The Bertz CT molecular complexity index is 801. The normalized spacial score (nSPS) is 10.8. The average Bonchev–Trinajstić information content (AvgIpc) is 2.70. The fourth-order valence-electron chi connectivity index (χ4n) is 2.64. The first-order valence-electron chi connectivity index (χ1n) is 9.02. The molecular formula is C22H23N3O3. The number of hydrogen-bond donors (Lipinski definition) is 2. The number of carbonyl (C=O) groups is 2. The van der Waals surface area contributed by atoms with Gasteiger partial charge in [-0.15, -0.1) is 0 Å². The van der Waals surface area contributed by atoms with Crippen molar-refractivity contribution in [3.8, 4) is 6.07 Å². The molecule has 0 saturated heterocycles. The van der Waals surface area contributed by atoms with Gasteiger partial charge in [0.2, 0.25) is 0 Å². The van der Waals surface area contributed by atoms with E-state index in [1.165, 1.54) is 0 Å². The van der Waals surface area contributed by atoms with E-state index < -0.39 is 11.9 Å². The summed E-state index contributed by atoms with van der Waals surface area (Å²) in [6.07, 6.45) is 1.85. The molecule has 0 unspecified atom stereocenters.